The van der Waals surface area contributed by atoms with E-state index >= 15 is 0 Å². The summed E-state index contributed by atoms with van der Waals surface area (Å²) in [5, 5.41) is 8.27. The van der Waals surface area contributed by atoms with Crippen molar-refractivity contribution in [3.05, 3.63) is 0 Å². The van der Waals surface area contributed by atoms with Gasteiger partial charge in [0.2, 0.25) is 0 Å². The number of carboxylic acids is 1. The van der Waals surface area contributed by atoms with E-state index in [0.717, 1.165) is 5.75 Å². The molecular formula is C5H13CaNO2S. The second-order valence-electron chi connectivity index (χ2n) is 1.73. The van der Waals surface area contributed by atoms with Crippen molar-refractivity contribution in [2.45, 2.75) is 12.5 Å². The summed E-state index contributed by atoms with van der Waals surface area (Å²) < 4.78 is 0. The molecule has 10 heavy (non-hydrogen) atoms. The van der Waals surface area contributed by atoms with Crippen LogP contribution in [0.5, 0.6) is 0 Å². The molecule has 1 atom stereocenters. The monoisotopic (exact) mass is 191 g/mol. The minimum absolute atomic E-state index is 0. The van der Waals surface area contributed by atoms with Gasteiger partial charge in [0.1, 0.15) is 6.04 Å². The molecule has 0 saturated carbocycles. The van der Waals surface area contributed by atoms with Crippen molar-refractivity contribution in [3.63, 3.8) is 0 Å². The maximum atomic E-state index is 10.1. The van der Waals surface area contributed by atoms with E-state index in [-0.39, 0.29) is 40.6 Å². The fraction of sp³-hybridized carbons (Fsp3) is 0.800. The molecule has 0 aromatic carbocycles. The SMILES string of the molecule is CSCCC(N)C(=O)O.[Ca+2].[H-].[H-]. The molecule has 3 N–H and O–H groups in total. The number of carbonyl (C=O) groups is 1. The Morgan fingerprint density at radius 1 is 1.90 bits per heavy atom. The second-order valence-corrected chi connectivity index (χ2v) is 2.71. The number of thioether (sulfide) groups is 1. The fourth-order valence-corrected chi connectivity index (χ4v) is 0.858. The first-order valence-electron chi connectivity index (χ1n) is 2.65. The van der Waals surface area contributed by atoms with E-state index in [9.17, 15) is 4.79 Å². The Kier molecular flexibility index (Phi) is 11.1. The summed E-state index contributed by atoms with van der Waals surface area (Å²) in [4.78, 5) is 10.1. The van der Waals surface area contributed by atoms with Crippen molar-refractivity contribution in [1.29, 1.82) is 0 Å². The standard InChI is InChI=1S/C5H11NO2S.Ca.2H/c1-9-3-2-4(6)5(7)8;;;/h4H,2-3,6H2,1H3,(H,7,8);;;/q;+2;2*-1. The van der Waals surface area contributed by atoms with Gasteiger partial charge < -0.3 is 13.7 Å². The first-order chi connectivity index (χ1) is 4.18. The van der Waals surface area contributed by atoms with Crippen LogP contribution < -0.4 is 5.73 Å². The maximum absolute atomic E-state index is 10.1. The quantitative estimate of drug-likeness (QED) is 0.614. The molecule has 0 heterocycles. The first kappa shape index (κ1) is 13.6. The van der Waals surface area contributed by atoms with Crippen LogP contribution in [0.2, 0.25) is 0 Å². The molecule has 0 aliphatic heterocycles. The predicted molar refractivity (Wildman–Crippen MR) is 46.6 cm³/mol. The number of nitrogens with two attached hydrogens (primary N) is 1. The summed E-state index contributed by atoms with van der Waals surface area (Å²) in [6.45, 7) is 0. The Morgan fingerprint density at radius 2 is 2.40 bits per heavy atom. The molecular weight excluding hydrogens is 178 g/mol. The minimum Gasteiger partial charge on any atom is -1.00 e. The van der Waals surface area contributed by atoms with Crippen LogP contribution in [0.25, 0.3) is 0 Å². The van der Waals surface area contributed by atoms with Crippen LogP contribution in [0, 0.1) is 0 Å². The van der Waals surface area contributed by atoms with Crippen molar-refractivity contribution in [2.24, 2.45) is 5.73 Å². The summed E-state index contributed by atoms with van der Waals surface area (Å²) in [6, 6.07) is -0.683. The Morgan fingerprint density at radius 3 is 2.70 bits per heavy atom. The van der Waals surface area contributed by atoms with Crippen LogP contribution in [0.4, 0.5) is 0 Å². The molecule has 0 spiro atoms. The van der Waals surface area contributed by atoms with Crippen molar-refractivity contribution < 1.29 is 12.8 Å². The van der Waals surface area contributed by atoms with Gasteiger partial charge in [0.15, 0.2) is 0 Å². The molecule has 0 saturated heterocycles. The van der Waals surface area contributed by atoms with Gasteiger partial charge in [0, 0.05) is 0 Å². The van der Waals surface area contributed by atoms with Gasteiger partial charge in [0.25, 0.3) is 0 Å². The first-order valence-corrected chi connectivity index (χ1v) is 4.05. The molecule has 0 aromatic heterocycles. The smallest absolute Gasteiger partial charge is 1.00 e. The van der Waals surface area contributed by atoms with Crippen LogP contribution in [-0.2, 0) is 4.79 Å². The number of hydrogen-bond donors (Lipinski definition) is 2. The third kappa shape index (κ3) is 7.15. The molecule has 5 heteroatoms. The average molecular weight is 191 g/mol. The zero-order valence-corrected chi connectivity index (χ0v) is 9.06. The van der Waals surface area contributed by atoms with Gasteiger partial charge in [-0.3, -0.25) is 4.79 Å². The summed E-state index contributed by atoms with van der Waals surface area (Å²) in [6.07, 6.45) is 2.48. The van der Waals surface area contributed by atoms with E-state index in [4.69, 9.17) is 10.8 Å². The van der Waals surface area contributed by atoms with Crippen molar-refractivity contribution in [3.8, 4) is 0 Å². The van der Waals surface area contributed by atoms with Gasteiger partial charge in [-0.05, 0) is 18.4 Å². The van der Waals surface area contributed by atoms with Crippen molar-refractivity contribution in [2.75, 3.05) is 12.0 Å². The fourth-order valence-electron chi connectivity index (χ4n) is 0.368. The largest absolute Gasteiger partial charge is 2.00 e. The Labute approximate surface area is 97.7 Å². The van der Waals surface area contributed by atoms with E-state index in [1.54, 1.807) is 11.8 Å². The molecule has 0 aliphatic carbocycles. The van der Waals surface area contributed by atoms with E-state index in [2.05, 4.69) is 0 Å². The Hall–Kier alpha value is 1.04. The molecule has 0 aliphatic rings. The molecule has 0 rings (SSSR count). The van der Waals surface area contributed by atoms with E-state index in [0.29, 0.717) is 6.42 Å². The Bertz CT molecular complexity index is 109. The van der Waals surface area contributed by atoms with E-state index < -0.39 is 12.0 Å². The molecule has 58 valence electrons. The number of rotatable bonds is 4. The van der Waals surface area contributed by atoms with Crippen LogP contribution in [-0.4, -0.2) is 66.9 Å². The van der Waals surface area contributed by atoms with Crippen molar-refractivity contribution >= 4 is 55.5 Å². The third-order valence-corrected chi connectivity index (χ3v) is 1.59. The molecule has 1 unspecified atom stereocenters. The van der Waals surface area contributed by atoms with Crippen LogP contribution >= 0.6 is 11.8 Å². The van der Waals surface area contributed by atoms with Gasteiger partial charge in [-0.1, -0.05) is 0 Å². The summed E-state index contributed by atoms with van der Waals surface area (Å²) in [5.74, 6) is -0.1000. The van der Waals surface area contributed by atoms with E-state index in [1.807, 2.05) is 6.26 Å². The molecule has 0 fully saturated rings. The normalized spacial score (nSPS) is 11.8. The van der Waals surface area contributed by atoms with E-state index in [1.165, 1.54) is 0 Å². The molecule has 0 radical (unpaired) electrons. The second kappa shape index (κ2) is 8.14. The summed E-state index contributed by atoms with van der Waals surface area (Å²) in [5.41, 5.74) is 5.19. The Balaban J connectivity index is -0.000000107. The van der Waals surface area contributed by atoms with Gasteiger partial charge in [-0.15, -0.1) is 0 Å². The minimum atomic E-state index is -0.913. The predicted octanol–water partition coefficient (Wildman–Crippen LogP) is -0.00440. The van der Waals surface area contributed by atoms with Gasteiger partial charge in [-0.2, -0.15) is 11.8 Å². The topological polar surface area (TPSA) is 63.3 Å². The summed E-state index contributed by atoms with van der Waals surface area (Å²) >= 11 is 1.60. The van der Waals surface area contributed by atoms with Crippen LogP contribution in [0.15, 0.2) is 0 Å². The van der Waals surface area contributed by atoms with Crippen LogP contribution in [0.1, 0.15) is 9.27 Å². The van der Waals surface area contributed by atoms with Gasteiger partial charge in [-0.25, -0.2) is 0 Å². The number of hydrogen-bond acceptors (Lipinski definition) is 3. The third-order valence-electron chi connectivity index (χ3n) is 0.950. The zero-order valence-electron chi connectivity index (χ0n) is 8.04. The molecule has 3 nitrogen and oxygen atoms in total. The average Bonchev–Trinajstić information content (AvgIpc) is 1.82. The van der Waals surface area contributed by atoms with Crippen molar-refractivity contribution in [1.82, 2.24) is 0 Å². The molecule has 0 amide bonds. The van der Waals surface area contributed by atoms with Gasteiger partial charge >= 0.3 is 43.7 Å². The molecule has 0 bridgehead atoms. The number of aliphatic carboxylic acids is 1. The zero-order chi connectivity index (χ0) is 7.28. The van der Waals surface area contributed by atoms with Crippen LogP contribution in [0.3, 0.4) is 0 Å². The summed E-state index contributed by atoms with van der Waals surface area (Å²) in [7, 11) is 0. The number of carboxylic acid groups (broad SMARTS) is 1. The van der Waals surface area contributed by atoms with Gasteiger partial charge in [0.05, 0.1) is 0 Å². The molecule has 0 aromatic rings. The maximum Gasteiger partial charge on any atom is 2.00 e.